The van der Waals surface area contributed by atoms with Crippen LogP contribution >= 0.6 is 0 Å². The molecule has 0 unspecified atom stereocenters. The molecule has 1 fully saturated rings. The molecule has 0 saturated carbocycles. The number of ether oxygens (including phenoxy) is 1. The smallest absolute Gasteiger partial charge is 0.289 e. The zero-order valence-electron chi connectivity index (χ0n) is 18.5. The van der Waals surface area contributed by atoms with E-state index in [1.165, 1.54) is 0 Å². The molecule has 0 bridgehead atoms. The molecular weight excluding hydrogens is 420 g/mol. The topological polar surface area (TPSA) is 96.6 Å². The summed E-state index contributed by atoms with van der Waals surface area (Å²) in [6.45, 7) is 4.41. The van der Waals surface area contributed by atoms with E-state index in [0.29, 0.717) is 49.1 Å². The molecule has 9 nitrogen and oxygen atoms in total. The number of carbonyl (C=O) groups is 1. The fraction of sp³-hybridized carbons (Fsp3) is 0.250. The normalized spacial score (nSPS) is 13.9. The van der Waals surface area contributed by atoms with Gasteiger partial charge in [0.15, 0.2) is 28.7 Å². The summed E-state index contributed by atoms with van der Waals surface area (Å²) < 4.78 is 11.2. The second-order valence-corrected chi connectivity index (χ2v) is 7.83. The molecule has 0 spiro atoms. The number of methoxy groups -OCH3 is 1. The van der Waals surface area contributed by atoms with Crippen LogP contribution < -0.4 is 15.0 Å². The average Bonchev–Trinajstić information content (AvgIpc) is 3.29. The molecule has 4 aromatic rings. The molecule has 0 radical (unpaired) electrons. The van der Waals surface area contributed by atoms with Crippen LogP contribution in [0.1, 0.15) is 16.2 Å². The van der Waals surface area contributed by atoms with Crippen molar-refractivity contribution in [2.24, 2.45) is 0 Å². The number of hydrogen-bond donors (Lipinski definition) is 1. The van der Waals surface area contributed by atoms with E-state index >= 15 is 0 Å². The molecule has 0 atom stereocenters. The van der Waals surface area contributed by atoms with Gasteiger partial charge in [-0.1, -0.05) is 18.2 Å². The van der Waals surface area contributed by atoms with Crippen LogP contribution in [0.4, 0.5) is 17.5 Å². The van der Waals surface area contributed by atoms with Crippen LogP contribution in [0.25, 0.3) is 11.0 Å². The number of aromatic nitrogens is 3. The van der Waals surface area contributed by atoms with Gasteiger partial charge in [0.25, 0.3) is 5.91 Å². The van der Waals surface area contributed by atoms with Gasteiger partial charge >= 0.3 is 0 Å². The zero-order valence-corrected chi connectivity index (χ0v) is 18.5. The molecule has 1 aliphatic heterocycles. The summed E-state index contributed by atoms with van der Waals surface area (Å²) in [7, 11) is 1.59. The van der Waals surface area contributed by atoms with Crippen LogP contribution in [-0.4, -0.2) is 59.3 Å². The number of anilines is 3. The van der Waals surface area contributed by atoms with Gasteiger partial charge in [-0.2, -0.15) is 0 Å². The quantitative estimate of drug-likeness (QED) is 0.498. The van der Waals surface area contributed by atoms with Gasteiger partial charge in [-0.15, -0.1) is 10.2 Å². The summed E-state index contributed by atoms with van der Waals surface area (Å²) in [4.78, 5) is 21.3. The minimum absolute atomic E-state index is 0.121. The standard InChI is InChI=1S/C24H24N6O3/c1-16-5-3-8-20(25-16)26-21-9-10-22(28-27-21)29-11-13-30(14-12-29)24(31)19-15-17-6-4-7-18(32-2)23(17)33-19/h3-10,15H,11-14H2,1-2H3,(H,25,26,27). The number of fused-ring (bicyclic) bond motifs is 1. The summed E-state index contributed by atoms with van der Waals surface area (Å²) in [5.41, 5.74) is 1.52. The van der Waals surface area contributed by atoms with Gasteiger partial charge in [-0.3, -0.25) is 4.79 Å². The Hall–Kier alpha value is -4.14. The number of furan rings is 1. The predicted molar refractivity (Wildman–Crippen MR) is 125 cm³/mol. The first-order valence-corrected chi connectivity index (χ1v) is 10.8. The van der Waals surface area contributed by atoms with Gasteiger partial charge in [0.1, 0.15) is 5.82 Å². The Kier molecular flexibility index (Phi) is 5.52. The number of para-hydroxylation sites is 1. The van der Waals surface area contributed by atoms with E-state index in [1.54, 1.807) is 18.1 Å². The van der Waals surface area contributed by atoms with Crippen molar-refractivity contribution in [3.8, 4) is 5.75 Å². The van der Waals surface area contributed by atoms with E-state index in [2.05, 4.69) is 25.4 Å². The minimum atomic E-state index is -0.121. The molecule has 33 heavy (non-hydrogen) atoms. The fourth-order valence-electron chi connectivity index (χ4n) is 3.90. The largest absolute Gasteiger partial charge is 0.493 e. The van der Waals surface area contributed by atoms with Crippen LogP contribution in [0.3, 0.4) is 0 Å². The van der Waals surface area contributed by atoms with Crippen LogP contribution in [0.5, 0.6) is 5.75 Å². The highest BCUT2D eigenvalue weighted by atomic mass is 16.5. The van der Waals surface area contributed by atoms with Crippen molar-refractivity contribution < 1.29 is 13.9 Å². The Morgan fingerprint density at radius 1 is 1.00 bits per heavy atom. The first-order chi connectivity index (χ1) is 16.1. The second kappa shape index (κ2) is 8.78. The summed E-state index contributed by atoms with van der Waals surface area (Å²) in [6.07, 6.45) is 0. The van der Waals surface area contributed by atoms with Gasteiger partial charge in [0.05, 0.1) is 7.11 Å². The zero-order chi connectivity index (χ0) is 22.8. The predicted octanol–water partition coefficient (Wildman–Crippen LogP) is 3.64. The van der Waals surface area contributed by atoms with Gasteiger partial charge in [0, 0.05) is 37.3 Å². The highest BCUT2D eigenvalue weighted by Crippen LogP contribution is 2.29. The van der Waals surface area contributed by atoms with Crippen molar-refractivity contribution in [1.29, 1.82) is 0 Å². The van der Waals surface area contributed by atoms with E-state index in [9.17, 15) is 4.79 Å². The van der Waals surface area contributed by atoms with Crippen molar-refractivity contribution >= 4 is 34.3 Å². The number of rotatable bonds is 5. The van der Waals surface area contributed by atoms with E-state index in [-0.39, 0.29) is 5.91 Å². The molecule has 1 aromatic carbocycles. The van der Waals surface area contributed by atoms with Crippen molar-refractivity contribution in [1.82, 2.24) is 20.1 Å². The maximum absolute atomic E-state index is 13.0. The number of hydrogen-bond acceptors (Lipinski definition) is 8. The third-order valence-electron chi connectivity index (χ3n) is 5.62. The molecule has 0 aliphatic carbocycles. The van der Waals surface area contributed by atoms with Crippen LogP contribution in [0.15, 0.2) is 59.0 Å². The number of nitrogens with zero attached hydrogens (tertiary/aromatic N) is 5. The third-order valence-corrected chi connectivity index (χ3v) is 5.62. The molecule has 9 heteroatoms. The number of amides is 1. The van der Waals surface area contributed by atoms with E-state index in [0.717, 1.165) is 22.7 Å². The summed E-state index contributed by atoms with van der Waals surface area (Å²) in [6, 6.07) is 16.9. The van der Waals surface area contributed by atoms with E-state index < -0.39 is 0 Å². The van der Waals surface area contributed by atoms with Crippen LogP contribution in [0, 0.1) is 6.92 Å². The lowest BCUT2D eigenvalue weighted by Crippen LogP contribution is -2.49. The Bertz CT molecular complexity index is 1280. The summed E-state index contributed by atoms with van der Waals surface area (Å²) in [5, 5.41) is 12.6. The Morgan fingerprint density at radius 2 is 1.82 bits per heavy atom. The summed E-state index contributed by atoms with van der Waals surface area (Å²) >= 11 is 0. The highest BCUT2D eigenvalue weighted by molar-refractivity contribution is 5.97. The monoisotopic (exact) mass is 444 g/mol. The Labute approximate surface area is 191 Å². The van der Waals surface area contributed by atoms with Crippen molar-refractivity contribution in [3.05, 3.63) is 66.1 Å². The lowest BCUT2D eigenvalue weighted by molar-refractivity contribution is 0.0716. The van der Waals surface area contributed by atoms with Gasteiger partial charge in [-0.25, -0.2) is 4.98 Å². The first-order valence-electron chi connectivity index (χ1n) is 10.8. The molecule has 1 amide bonds. The fourth-order valence-corrected chi connectivity index (χ4v) is 3.90. The maximum Gasteiger partial charge on any atom is 0.289 e. The van der Waals surface area contributed by atoms with Crippen LogP contribution in [0.2, 0.25) is 0 Å². The van der Waals surface area contributed by atoms with Gasteiger partial charge < -0.3 is 24.3 Å². The maximum atomic E-state index is 13.0. The minimum Gasteiger partial charge on any atom is -0.493 e. The van der Waals surface area contributed by atoms with Crippen molar-refractivity contribution in [3.63, 3.8) is 0 Å². The number of benzene rings is 1. The van der Waals surface area contributed by atoms with Gasteiger partial charge in [-0.05, 0) is 43.3 Å². The molecule has 1 N–H and O–H groups in total. The van der Waals surface area contributed by atoms with Crippen molar-refractivity contribution in [2.75, 3.05) is 43.5 Å². The molecule has 1 saturated heterocycles. The average molecular weight is 444 g/mol. The molecule has 168 valence electrons. The number of aryl methyl sites for hydroxylation is 1. The van der Waals surface area contributed by atoms with E-state index in [1.807, 2.05) is 55.5 Å². The first kappa shape index (κ1) is 20.7. The SMILES string of the molecule is COc1cccc2cc(C(=O)N3CCN(c4ccc(Nc5cccc(C)n5)nn4)CC3)oc12. The summed E-state index contributed by atoms with van der Waals surface area (Å²) in [5.74, 6) is 2.95. The molecule has 5 rings (SSSR count). The molecular formula is C24H24N6O3. The third kappa shape index (κ3) is 4.30. The second-order valence-electron chi connectivity index (χ2n) is 7.83. The van der Waals surface area contributed by atoms with Gasteiger partial charge in [0.2, 0.25) is 0 Å². The molecule has 4 heterocycles. The molecule has 1 aliphatic rings. The number of pyridine rings is 1. The number of carbonyl (C=O) groups excluding carboxylic acids is 1. The Balaban J connectivity index is 1.21. The lowest BCUT2D eigenvalue weighted by atomic mass is 10.2. The number of piperazine rings is 1. The lowest BCUT2D eigenvalue weighted by Gasteiger charge is -2.34. The Morgan fingerprint density at radius 3 is 2.55 bits per heavy atom. The number of nitrogens with one attached hydrogen (secondary N) is 1. The van der Waals surface area contributed by atoms with Crippen LogP contribution in [-0.2, 0) is 0 Å². The molecule has 3 aromatic heterocycles. The van der Waals surface area contributed by atoms with Crippen molar-refractivity contribution in [2.45, 2.75) is 6.92 Å². The highest BCUT2D eigenvalue weighted by Gasteiger charge is 2.26. The van der Waals surface area contributed by atoms with E-state index in [4.69, 9.17) is 9.15 Å².